The van der Waals surface area contributed by atoms with Crippen LogP contribution in [-0.2, 0) is 0 Å². The second-order valence-electron chi connectivity index (χ2n) is 6.26. The van der Waals surface area contributed by atoms with E-state index >= 15 is 0 Å². The molecule has 138 valence electrons. The maximum Gasteiger partial charge on any atom is 0.325 e. The van der Waals surface area contributed by atoms with Gasteiger partial charge in [-0.05, 0) is 55.7 Å². The summed E-state index contributed by atoms with van der Waals surface area (Å²) in [5, 5.41) is 10.2. The van der Waals surface area contributed by atoms with Crippen LogP contribution in [0.2, 0.25) is 0 Å². The molecule has 0 saturated heterocycles. The zero-order valence-electron chi connectivity index (χ0n) is 15.3. The fourth-order valence-electron chi connectivity index (χ4n) is 2.47. The van der Waals surface area contributed by atoms with Crippen molar-refractivity contribution in [2.24, 2.45) is 0 Å². The van der Waals surface area contributed by atoms with E-state index in [1.54, 1.807) is 11.4 Å². The summed E-state index contributed by atoms with van der Waals surface area (Å²) < 4.78 is 0. The number of aryl methyl sites for hydroxylation is 3. The number of benzene rings is 2. The minimum atomic E-state index is -0.406. The summed E-state index contributed by atoms with van der Waals surface area (Å²) in [6.07, 6.45) is 0. The van der Waals surface area contributed by atoms with Crippen molar-refractivity contribution in [3.63, 3.8) is 0 Å². The molecule has 1 aromatic heterocycles. The van der Waals surface area contributed by atoms with Crippen LogP contribution in [0, 0.1) is 20.8 Å². The lowest BCUT2D eigenvalue weighted by Crippen LogP contribution is -2.19. The number of rotatable bonds is 4. The van der Waals surface area contributed by atoms with Crippen LogP contribution in [0.4, 0.5) is 21.3 Å². The van der Waals surface area contributed by atoms with Crippen LogP contribution < -0.4 is 16.0 Å². The van der Waals surface area contributed by atoms with Gasteiger partial charge < -0.3 is 10.6 Å². The zero-order chi connectivity index (χ0) is 19.4. The fraction of sp³-hybridized carbons (Fsp3) is 0.150. The first-order chi connectivity index (χ1) is 12.9. The van der Waals surface area contributed by atoms with Crippen LogP contribution in [0.3, 0.4) is 0 Å². The van der Waals surface area contributed by atoms with Crippen LogP contribution >= 0.6 is 11.3 Å². The quantitative estimate of drug-likeness (QED) is 0.598. The average Bonchev–Trinajstić information content (AvgIpc) is 3.06. The van der Waals surface area contributed by atoms with Gasteiger partial charge in [-0.3, -0.25) is 10.1 Å². The van der Waals surface area contributed by atoms with E-state index in [1.165, 1.54) is 11.3 Å². The monoisotopic (exact) mass is 380 g/mol. The third-order valence-corrected chi connectivity index (χ3v) is 4.63. The SMILES string of the molecule is Cc1cccc(NC(=O)Nc2nc(C(=O)Nc3cc(C)ccc3C)cs2)c1. The van der Waals surface area contributed by atoms with E-state index in [-0.39, 0.29) is 11.6 Å². The maximum atomic E-state index is 12.4. The molecule has 0 fully saturated rings. The van der Waals surface area contributed by atoms with Crippen LogP contribution in [0.15, 0.2) is 47.8 Å². The summed E-state index contributed by atoms with van der Waals surface area (Å²) in [5.41, 5.74) is 4.78. The Morgan fingerprint density at radius 2 is 1.70 bits per heavy atom. The molecular formula is C20H20N4O2S. The van der Waals surface area contributed by atoms with Gasteiger partial charge in [0.1, 0.15) is 5.69 Å². The summed E-state index contributed by atoms with van der Waals surface area (Å²) in [6, 6.07) is 12.9. The summed E-state index contributed by atoms with van der Waals surface area (Å²) in [7, 11) is 0. The molecule has 1 heterocycles. The van der Waals surface area contributed by atoms with Crippen molar-refractivity contribution < 1.29 is 9.59 Å². The molecule has 0 aliphatic rings. The highest BCUT2D eigenvalue weighted by atomic mass is 32.1. The predicted octanol–water partition coefficient (Wildman–Crippen LogP) is 4.96. The molecule has 3 amide bonds. The Hall–Kier alpha value is -3.19. The van der Waals surface area contributed by atoms with Gasteiger partial charge in [0.15, 0.2) is 5.13 Å². The maximum absolute atomic E-state index is 12.4. The summed E-state index contributed by atoms with van der Waals surface area (Å²) in [6.45, 7) is 5.84. The van der Waals surface area contributed by atoms with Crippen molar-refractivity contribution in [1.82, 2.24) is 4.98 Å². The van der Waals surface area contributed by atoms with Gasteiger partial charge in [0.05, 0.1) is 0 Å². The Kier molecular flexibility index (Phi) is 5.52. The molecule has 3 rings (SSSR count). The lowest BCUT2D eigenvalue weighted by atomic mass is 10.1. The molecule has 0 spiro atoms. The number of hydrogen-bond donors (Lipinski definition) is 3. The zero-order valence-corrected chi connectivity index (χ0v) is 16.1. The van der Waals surface area contributed by atoms with Crippen LogP contribution in [0.1, 0.15) is 27.2 Å². The van der Waals surface area contributed by atoms with Gasteiger partial charge in [-0.1, -0.05) is 24.3 Å². The van der Waals surface area contributed by atoms with Crippen molar-refractivity contribution in [3.8, 4) is 0 Å². The molecule has 0 saturated carbocycles. The van der Waals surface area contributed by atoms with E-state index in [4.69, 9.17) is 0 Å². The number of nitrogens with zero attached hydrogens (tertiary/aromatic N) is 1. The van der Waals surface area contributed by atoms with Crippen LogP contribution in [-0.4, -0.2) is 16.9 Å². The molecule has 0 bridgehead atoms. The number of thiazole rings is 1. The van der Waals surface area contributed by atoms with E-state index in [0.717, 1.165) is 22.4 Å². The normalized spacial score (nSPS) is 10.3. The van der Waals surface area contributed by atoms with E-state index in [2.05, 4.69) is 20.9 Å². The number of nitrogens with one attached hydrogen (secondary N) is 3. The number of urea groups is 1. The third-order valence-electron chi connectivity index (χ3n) is 3.87. The standard InChI is InChI=1S/C20H20N4O2S/c1-12-5-4-6-15(9-12)21-19(26)24-20-23-17(11-27-20)18(25)22-16-10-13(2)7-8-14(16)3/h4-11H,1-3H3,(H,22,25)(H2,21,23,24,26). The lowest BCUT2D eigenvalue weighted by molar-refractivity contribution is 0.102. The van der Waals surface area contributed by atoms with E-state index in [0.29, 0.717) is 10.8 Å². The van der Waals surface area contributed by atoms with E-state index in [1.807, 2.05) is 57.2 Å². The highest BCUT2D eigenvalue weighted by Crippen LogP contribution is 2.20. The van der Waals surface area contributed by atoms with E-state index < -0.39 is 6.03 Å². The van der Waals surface area contributed by atoms with Gasteiger partial charge in [-0.2, -0.15) is 0 Å². The molecule has 0 radical (unpaired) electrons. The molecule has 3 aromatic rings. The third kappa shape index (κ3) is 4.92. The van der Waals surface area contributed by atoms with Crippen LogP contribution in [0.5, 0.6) is 0 Å². The number of anilines is 3. The predicted molar refractivity (Wildman–Crippen MR) is 110 cm³/mol. The molecule has 3 N–H and O–H groups in total. The molecule has 0 aliphatic heterocycles. The number of aromatic nitrogens is 1. The largest absolute Gasteiger partial charge is 0.325 e. The molecule has 2 aromatic carbocycles. The van der Waals surface area contributed by atoms with Gasteiger partial charge in [-0.25, -0.2) is 9.78 Å². The van der Waals surface area contributed by atoms with Gasteiger partial charge in [-0.15, -0.1) is 11.3 Å². The number of carbonyl (C=O) groups excluding carboxylic acids is 2. The smallest absolute Gasteiger partial charge is 0.320 e. The van der Waals surface area contributed by atoms with Gasteiger partial charge in [0.2, 0.25) is 0 Å². The van der Waals surface area contributed by atoms with Crippen molar-refractivity contribution >= 4 is 39.8 Å². The van der Waals surface area contributed by atoms with Crippen molar-refractivity contribution in [1.29, 1.82) is 0 Å². The number of hydrogen-bond acceptors (Lipinski definition) is 4. The minimum Gasteiger partial charge on any atom is -0.320 e. The second-order valence-corrected chi connectivity index (χ2v) is 7.12. The Balaban J connectivity index is 1.63. The number of carbonyl (C=O) groups is 2. The Morgan fingerprint density at radius 3 is 2.48 bits per heavy atom. The summed E-state index contributed by atoms with van der Waals surface area (Å²) in [5.74, 6) is -0.313. The first kappa shape index (κ1) is 18.6. The Labute approximate surface area is 161 Å². The average molecular weight is 380 g/mol. The van der Waals surface area contributed by atoms with Gasteiger partial charge in [0.25, 0.3) is 5.91 Å². The highest BCUT2D eigenvalue weighted by molar-refractivity contribution is 7.14. The Bertz CT molecular complexity index is 997. The fourth-order valence-corrected chi connectivity index (χ4v) is 3.16. The molecule has 27 heavy (non-hydrogen) atoms. The van der Waals surface area contributed by atoms with Gasteiger partial charge in [0, 0.05) is 16.8 Å². The summed E-state index contributed by atoms with van der Waals surface area (Å²) >= 11 is 1.19. The highest BCUT2D eigenvalue weighted by Gasteiger charge is 2.14. The topological polar surface area (TPSA) is 83.1 Å². The number of amides is 3. The van der Waals surface area contributed by atoms with Crippen molar-refractivity contribution in [3.05, 3.63) is 70.2 Å². The molecule has 7 heteroatoms. The van der Waals surface area contributed by atoms with Crippen molar-refractivity contribution in [2.45, 2.75) is 20.8 Å². The minimum absolute atomic E-state index is 0.256. The summed E-state index contributed by atoms with van der Waals surface area (Å²) in [4.78, 5) is 28.7. The van der Waals surface area contributed by atoms with Crippen LogP contribution in [0.25, 0.3) is 0 Å². The second kappa shape index (κ2) is 8.01. The molecule has 0 unspecified atom stereocenters. The molecule has 6 nitrogen and oxygen atoms in total. The molecule has 0 atom stereocenters. The van der Waals surface area contributed by atoms with Crippen molar-refractivity contribution in [2.75, 3.05) is 16.0 Å². The lowest BCUT2D eigenvalue weighted by Gasteiger charge is -2.08. The molecular weight excluding hydrogens is 360 g/mol. The van der Waals surface area contributed by atoms with E-state index in [9.17, 15) is 9.59 Å². The molecule has 0 aliphatic carbocycles. The first-order valence-corrected chi connectivity index (χ1v) is 9.27. The first-order valence-electron chi connectivity index (χ1n) is 8.39. The van der Waals surface area contributed by atoms with Gasteiger partial charge >= 0.3 is 6.03 Å². The Morgan fingerprint density at radius 1 is 0.926 bits per heavy atom.